The molecule has 0 bridgehead atoms. The quantitative estimate of drug-likeness (QED) is 0.585. The van der Waals surface area contributed by atoms with Crippen molar-refractivity contribution >= 4 is 33.1 Å². The minimum Gasteiger partial charge on any atom is -0.325 e. The highest BCUT2D eigenvalue weighted by Gasteiger charge is 2.14. The number of nitrogens with zero attached hydrogens (tertiary/aromatic N) is 2. The standard InChI is InChI=1S/C20H14FN3O2S/c21-14-6-8-15(9-7-14)23-17(25)10-24-12-22-19-18(20(24)26)16(11-27-19)13-4-2-1-3-5-13/h1-9,11-12H,10H2,(H,23,25). The summed E-state index contributed by atoms with van der Waals surface area (Å²) in [6, 6.07) is 15.0. The van der Waals surface area contributed by atoms with Crippen LogP contribution in [0.15, 0.2) is 71.1 Å². The van der Waals surface area contributed by atoms with Crippen molar-refractivity contribution in [1.29, 1.82) is 0 Å². The van der Waals surface area contributed by atoms with Gasteiger partial charge in [-0.05, 0) is 29.8 Å². The summed E-state index contributed by atoms with van der Waals surface area (Å²) in [6.45, 7) is -0.177. The molecule has 4 rings (SSSR count). The minimum absolute atomic E-state index is 0.177. The Kier molecular flexibility index (Phi) is 4.52. The molecule has 0 aliphatic carbocycles. The molecule has 2 aromatic heterocycles. The van der Waals surface area contributed by atoms with Crippen LogP contribution in [-0.4, -0.2) is 15.5 Å². The Morgan fingerprint density at radius 2 is 1.85 bits per heavy atom. The summed E-state index contributed by atoms with van der Waals surface area (Å²) >= 11 is 1.39. The number of amides is 1. The lowest BCUT2D eigenvalue weighted by atomic mass is 10.1. The van der Waals surface area contributed by atoms with E-state index in [4.69, 9.17) is 0 Å². The van der Waals surface area contributed by atoms with Gasteiger partial charge in [-0.1, -0.05) is 30.3 Å². The van der Waals surface area contributed by atoms with Gasteiger partial charge in [0.25, 0.3) is 5.56 Å². The second-order valence-electron chi connectivity index (χ2n) is 5.93. The average molecular weight is 379 g/mol. The van der Waals surface area contributed by atoms with Crippen molar-refractivity contribution in [3.05, 3.63) is 82.5 Å². The zero-order valence-corrected chi connectivity index (χ0v) is 14.9. The van der Waals surface area contributed by atoms with Crippen LogP contribution in [0.3, 0.4) is 0 Å². The normalized spacial score (nSPS) is 10.9. The molecule has 134 valence electrons. The minimum atomic E-state index is -0.388. The molecule has 0 aliphatic heterocycles. The number of rotatable bonds is 4. The van der Waals surface area contributed by atoms with Crippen molar-refractivity contribution in [3.8, 4) is 11.1 Å². The Morgan fingerprint density at radius 3 is 2.59 bits per heavy atom. The van der Waals surface area contributed by atoms with Crippen molar-refractivity contribution in [3.63, 3.8) is 0 Å². The van der Waals surface area contributed by atoms with E-state index in [1.807, 2.05) is 35.7 Å². The summed E-state index contributed by atoms with van der Waals surface area (Å²) in [6.07, 6.45) is 1.38. The molecule has 0 atom stereocenters. The van der Waals surface area contributed by atoms with Crippen LogP contribution in [0, 0.1) is 5.82 Å². The number of thiophene rings is 1. The fraction of sp³-hybridized carbons (Fsp3) is 0.0500. The van der Waals surface area contributed by atoms with Crippen LogP contribution < -0.4 is 10.9 Å². The van der Waals surface area contributed by atoms with Gasteiger partial charge in [-0.2, -0.15) is 0 Å². The molecule has 7 heteroatoms. The van der Waals surface area contributed by atoms with Gasteiger partial charge in [-0.3, -0.25) is 14.2 Å². The Labute approximate surface area is 157 Å². The fourth-order valence-corrected chi connectivity index (χ4v) is 3.71. The third-order valence-corrected chi connectivity index (χ3v) is 4.97. The molecule has 5 nitrogen and oxygen atoms in total. The Morgan fingerprint density at radius 1 is 1.11 bits per heavy atom. The number of fused-ring (bicyclic) bond motifs is 1. The number of benzene rings is 2. The lowest BCUT2D eigenvalue weighted by Gasteiger charge is -2.08. The predicted octanol–water partition coefficient (Wildman–Crippen LogP) is 3.90. The summed E-state index contributed by atoms with van der Waals surface area (Å²) in [5, 5.41) is 5.05. The second-order valence-corrected chi connectivity index (χ2v) is 6.79. The summed E-state index contributed by atoms with van der Waals surface area (Å²) in [4.78, 5) is 30.1. The smallest absolute Gasteiger partial charge is 0.263 e. The maximum Gasteiger partial charge on any atom is 0.263 e. The number of aromatic nitrogens is 2. The van der Waals surface area contributed by atoms with Gasteiger partial charge in [-0.25, -0.2) is 9.37 Å². The Bertz CT molecular complexity index is 1170. The molecule has 4 aromatic rings. The number of nitrogens with one attached hydrogen (secondary N) is 1. The molecule has 1 amide bonds. The number of carbonyl (C=O) groups excluding carboxylic acids is 1. The molecule has 0 saturated heterocycles. The highest BCUT2D eigenvalue weighted by atomic mass is 32.1. The predicted molar refractivity (Wildman–Crippen MR) is 104 cm³/mol. The van der Waals surface area contributed by atoms with Gasteiger partial charge >= 0.3 is 0 Å². The van der Waals surface area contributed by atoms with E-state index >= 15 is 0 Å². The lowest BCUT2D eigenvalue weighted by molar-refractivity contribution is -0.116. The summed E-state index contributed by atoms with van der Waals surface area (Å²) < 4.78 is 14.2. The van der Waals surface area contributed by atoms with E-state index in [-0.39, 0.29) is 23.8 Å². The first-order valence-electron chi connectivity index (χ1n) is 8.19. The maximum atomic E-state index is 13.0. The number of carbonyl (C=O) groups is 1. The van der Waals surface area contributed by atoms with E-state index in [1.54, 1.807) is 0 Å². The van der Waals surface area contributed by atoms with Gasteiger partial charge in [0.1, 0.15) is 17.2 Å². The summed E-state index contributed by atoms with van der Waals surface area (Å²) in [7, 11) is 0. The first kappa shape index (κ1) is 17.1. The second kappa shape index (κ2) is 7.13. The van der Waals surface area contributed by atoms with Gasteiger partial charge in [-0.15, -0.1) is 11.3 Å². The maximum absolute atomic E-state index is 13.0. The monoisotopic (exact) mass is 379 g/mol. The van der Waals surface area contributed by atoms with Crippen molar-refractivity contribution in [2.24, 2.45) is 0 Å². The summed E-state index contributed by atoms with van der Waals surface area (Å²) in [5.41, 5.74) is 1.93. The van der Waals surface area contributed by atoms with E-state index in [1.165, 1.54) is 46.5 Å². The van der Waals surface area contributed by atoms with Gasteiger partial charge in [0.2, 0.25) is 5.91 Å². The van der Waals surface area contributed by atoms with E-state index < -0.39 is 0 Å². The molecular formula is C20H14FN3O2S. The van der Waals surface area contributed by atoms with Gasteiger partial charge in [0, 0.05) is 16.6 Å². The molecule has 2 aromatic carbocycles. The SMILES string of the molecule is O=C(Cn1cnc2scc(-c3ccccc3)c2c1=O)Nc1ccc(F)cc1. The van der Waals surface area contributed by atoms with Crippen LogP contribution in [0.5, 0.6) is 0 Å². The van der Waals surface area contributed by atoms with Gasteiger partial charge in [0.05, 0.1) is 11.7 Å². The van der Waals surface area contributed by atoms with E-state index in [9.17, 15) is 14.0 Å². The molecular weight excluding hydrogens is 365 g/mol. The molecule has 0 fully saturated rings. The largest absolute Gasteiger partial charge is 0.325 e. The van der Waals surface area contributed by atoms with Crippen LogP contribution >= 0.6 is 11.3 Å². The number of anilines is 1. The first-order chi connectivity index (χ1) is 13.1. The summed E-state index contributed by atoms with van der Waals surface area (Å²) in [5.74, 6) is -0.772. The van der Waals surface area contributed by atoms with Crippen LogP contribution in [0.25, 0.3) is 21.3 Å². The van der Waals surface area contributed by atoms with E-state index in [0.29, 0.717) is 15.9 Å². The first-order valence-corrected chi connectivity index (χ1v) is 9.07. The van der Waals surface area contributed by atoms with E-state index in [0.717, 1.165) is 11.1 Å². The van der Waals surface area contributed by atoms with Crippen molar-refractivity contribution in [2.75, 3.05) is 5.32 Å². The number of hydrogen-bond donors (Lipinski definition) is 1. The molecule has 0 saturated carbocycles. The van der Waals surface area contributed by atoms with Crippen molar-refractivity contribution < 1.29 is 9.18 Å². The molecule has 27 heavy (non-hydrogen) atoms. The molecule has 1 N–H and O–H groups in total. The zero-order valence-electron chi connectivity index (χ0n) is 14.1. The van der Waals surface area contributed by atoms with Crippen molar-refractivity contribution in [1.82, 2.24) is 9.55 Å². The molecule has 0 spiro atoms. The molecule has 0 unspecified atom stereocenters. The molecule has 0 radical (unpaired) electrons. The number of halogens is 1. The topological polar surface area (TPSA) is 64.0 Å². The van der Waals surface area contributed by atoms with Crippen LogP contribution in [0.1, 0.15) is 0 Å². The average Bonchev–Trinajstić information content (AvgIpc) is 3.11. The Hall–Kier alpha value is -3.32. The highest BCUT2D eigenvalue weighted by molar-refractivity contribution is 7.17. The number of hydrogen-bond acceptors (Lipinski definition) is 4. The van der Waals surface area contributed by atoms with Crippen LogP contribution in [0.4, 0.5) is 10.1 Å². The van der Waals surface area contributed by atoms with Crippen molar-refractivity contribution in [2.45, 2.75) is 6.54 Å². The van der Waals surface area contributed by atoms with Gasteiger partial charge in [0.15, 0.2) is 0 Å². The highest BCUT2D eigenvalue weighted by Crippen LogP contribution is 2.30. The van der Waals surface area contributed by atoms with Gasteiger partial charge < -0.3 is 5.32 Å². The fourth-order valence-electron chi connectivity index (χ4n) is 2.80. The van der Waals surface area contributed by atoms with E-state index in [2.05, 4.69) is 10.3 Å². The molecule has 0 aliphatic rings. The van der Waals surface area contributed by atoms with Crippen LogP contribution in [-0.2, 0) is 11.3 Å². The van der Waals surface area contributed by atoms with Crippen LogP contribution in [0.2, 0.25) is 0 Å². The zero-order chi connectivity index (χ0) is 18.8. The third kappa shape index (κ3) is 3.50. The molecule has 2 heterocycles. The third-order valence-electron chi connectivity index (χ3n) is 4.09. The Balaban J connectivity index is 1.64. The lowest BCUT2D eigenvalue weighted by Crippen LogP contribution is -2.27.